The van der Waals surface area contributed by atoms with Crippen LogP contribution in [-0.2, 0) is 14.8 Å². The minimum atomic E-state index is -3.59. The Morgan fingerprint density at radius 1 is 1.07 bits per heavy atom. The molecular weight excluding hydrogens is 402 g/mol. The lowest BCUT2D eigenvalue weighted by atomic mass is 10.1. The van der Waals surface area contributed by atoms with Crippen LogP contribution in [-0.4, -0.2) is 44.7 Å². The van der Waals surface area contributed by atoms with Gasteiger partial charge >= 0.3 is 0 Å². The first-order valence-corrected chi connectivity index (χ1v) is 11.0. The highest BCUT2D eigenvalue weighted by Crippen LogP contribution is 2.22. The average Bonchev–Trinajstić information content (AvgIpc) is 3.52. The molecule has 30 heavy (non-hydrogen) atoms. The van der Waals surface area contributed by atoms with E-state index in [9.17, 15) is 18.0 Å². The fraction of sp³-hybridized carbons (Fsp3) is 0.273. The van der Waals surface area contributed by atoms with E-state index < -0.39 is 10.0 Å². The summed E-state index contributed by atoms with van der Waals surface area (Å²) in [6.07, 6.45) is 5.07. The molecule has 0 spiro atoms. The molecule has 7 nitrogen and oxygen atoms in total. The van der Waals surface area contributed by atoms with Crippen molar-refractivity contribution in [2.75, 3.05) is 19.4 Å². The van der Waals surface area contributed by atoms with Crippen LogP contribution in [0.5, 0.6) is 0 Å². The highest BCUT2D eigenvalue weighted by atomic mass is 32.2. The van der Waals surface area contributed by atoms with Crippen molar-refractivity contribution in [3.8, 4) is 0 Å². The zero-order valence-electron chi connectivity index (χ0n) is 17.2. The fourth-order valence-electron chi connectivity index (χ4n) is 2.70. The van der Waals surface area contributed by atoms with Gasteiger partial charge in [0.05, 0.1) is 4.90 Å². The van der Waals surface area contributed by atoms with Crippen molar-refractivity contribution in [1.82, 2.24) is 9.62 Å². The van der Waals surface area contributed by atoms with Gasteiger partial charge in [-0.3, -0.25) is 9.59 Å². The van der Waals surface area contributed by atoms with Crippen molar-refractivity contribution in [2.24, 2.45) is 0 Å². The zero-order valence-corrected chi connectivity index (χ0v) is 18.0. The molecule has 1 aliphatic rings. The number of sulfonamides is 1. The number of aryl methyl sites for hydroxylation is 1. The van der Waals surface area contributed by atoms with Crippen molar-refractivity contribution >= 4 is 33.6 Å². The summed E-state index contributed by atoms with van der Waals surface area (Å²) >= 11 is 0. The molecule has 2 aromatic carbocycles. The van der Waals surface area contributed by atoms with Gasteiger partial charge in [-0.25, -0.2) is 12.7 Å². The van der Waals surface area contributed by atoms with Crippen LogP contribution < -0.4 is 10.6 Å². The molecule has 2 N–H and O–H groups in total. The molecule has 1 fully saturated rings. The van der Waals surface area contributed by atoms with E-state index >= 15 is 0 Å². The molecular formula is C22H25N3O4S. The van der Waals surface area contributed by atoms with E-state index in [0.717, 1.165) is 28.3 Å². The number of nitrogens with zero attached hydrogens (tertiary/aromatic N) is 1. The monoisotopic (exact) mass is 427 g/mol. The summed E-state index contributed by atoms with van der Waals surface area (Å²) in [7, 11) is -0.680. The standard InChI is InChI=1S/C22H25N3O4S/c1-15-4-12-19(30(28,29)25(2)3)14-20(15)24-21(26)13-7-16-5-8-17(9-6-16)22(27)23-18-10-11-18/h4-9,12-14,18H,10-11H2,1-3H3,(H,23,27)(H,24,26)/b13-7+. The summed E-state index contributed by atoms with van der Waals surface area (Å²) in [6, 6.07) is 11.9. The molecule has 1 saturated carbocycles. The molecule has 0 saturated heterocycles. The van der Waals surface area contributed by atoms with Gasteiger partial charge < -0.3 is 10.6 Å². The van der Waals surface area contributed by atoms with Gasteiger partial charge in [0.15, 0.2) is 0 Å². The number of nitrogens with one attached hydrogen (secondary N) is 2. The summed E-state index contributed by atoms with van der Waals surface area (Å²) < 4.78 is 25.7. The van der Waals surface area contributed by atoms with E-state index in [1.165, 1.54) is 32.3 Å². The lowest BCUT2D eigenvalue weighted by molar-refractivity contribution is -0.111. The molecule has 1 aliphatic carbocycles. The minimum Gasteiger partial charge on any atom is -0.349 e. The van der Waals surface area contributed by atoms with Crippen LogP contribution in [0.25, 0.3) is 6.08 Å². The van der Waals surface area contributed by atoms with Crippen molar-refractivity contribution in [2.45, 2.75) is 30.7 Å². The second-order valence-corrected chi connectivity index (χ2v) is 9.61. The topological polar surface area (TPSA) is 95.6 Å². The first-order valence-electron chi connectivity index (χ1n) is 9.60. The normalized spacial score (nSPS) is 14.1. The Labute approximate surface area is 176 Å². The Hall–Kier alpha value is -2.97. The SMILES string of the molecule is Cc1ccc(S(=O)(=O)N(C)C)cc1NC(=O)/C=C/c1ccc(C(=O)NC2CC2)cc1. The number of carbonyl (C=O) groups is 2. The first kappa shape index (κ1) is 21.7. The fourth-order valence-corrected chi connectivity index (χ4v) is 3.62. The highest BCUT2D eigenvalue weighted by molar-refractivity contribution is 7.89. The molecule has 0 aromatic heterocycles. The number of hydrogen-bond acceptors (Lipinski definition) is 4. The number of anilines is 1. The minimum absolute atomic E-state index is 0.0891. The van der Waals surface area contributed by atoms with Crippen molar-refractivity contribution in [3.63, 3.8) is 0 Å². The van der Waals surface area contributed by atoms with E-state index in [2.05, 4.69) is 10.6 Å². The third-order valence-corrected chi connectivity index (χ3v) is 6.57. The summed E-state index contributed by atoms with van der Waals surface area (Å²) in [4.78, 5) is 24.4. The van der Waals surface area contributed by atoms with Crippen LogP contribution >= 0.6 is 0 Å². The van der Waals surface area contributed by atoms with Gasteiger partial charge in [0.2, 0.25) is 15.9 Å². The highest BCUT2D eigenvalue weighted by Gasteiger charge is 2.23. The Morgan fingerprint density at radius 3 is 2.33 bits per heavy atom. The Morgan fingerprint density at radius 2 is 1.73 bits per heavy atom. The van der Waals surface area contributed by atoms with Gasteiger partial charge in [0.25, 0.3) is 5.91 Å². The molecule has 2 amide bonds. The number of hydrogen-bond donors (Lipinski definition) is 2. The number of rotatable bonds is 7. The molecule has 0 radical (unpaired) electrons. The molecule has 3 rings (SSSR count). The summed E-state index contributed by atoms with van der Waals surface area (Å²) in [5, 5.41) is 5.64. The summed E-state index contributed by atoms with van der Waals surface area (Å²) in [5.41, 5.74) is 2.53. The van der Waals surface area contributed by atoms with Crippen molar-refractivity contribution in [3.05, 3.63) is 65.2 Å². The lowest BCUT2D eigenvalue weighted by Crippen LogP contribution is -2.25. The Balaban J connectivity index is 1.66. The molecule has 0 bridgehead atoms. The predicted molar refractivity (Wildman–Crippen MR) is 117 cm³/mol. The van der Waals surface area contributed by atoms with Crippen LogP contribution in [0.15, 0.2) is 53.4 Å². The molecule has 0 atom stereocenters. The lowest BCUT2D eigenvalue weighted by Gasteiger charge is -2.14. The van der Waals surface area contributed by atoms with Crippen LogP contribution in [0.2, 0.25) is 0 Å². The maximum absolute atomic E-state index is 12.3. The summed E-state index contributed by atoms with van der Waals surface area (Å²) in [5.74, 6) is -0.470. The average molecular weight is 428 g/mol. The second-order valence-electron chi connectivity index (χ2n) is 7.46. The number of benzene rings is 2. The molecule has 8 heteroatoms. The smallest absolute Gasteiger partial charge is 0.251 e. The Bertz CT molecular complexity index is 1090. The van der Waals surface area contributed by atoms with E-state index in [4.69, 9.17) is 0 Å². The molecule has 0 heterocycles. The van der Waals surface area contributed by atoms with Gasteiger partial charge in [-0.15, -0.1) is 0 Å². The maximum Gasteiger partial charge on any atom is 0.251 e. The van der Waals surface area contributed by atoms with Gasteiger partial charge in [0.1, 0.15) is 0 Å². The third-order valence-electron chi connectivity index (χ3n) is 4.76. The van der Waals surface area contributed by atoms with E-state index in [1.807, 2.05) is 0 Å². The molecule has 2 aromatic rings. The van der Waals surface area contributed by atoms with Crippen molar-refractivity contribution in [1.29, 1.82) is 0 Å². The van der Waals surface area contributed by atoms with Crippen molar-refractivity contribution < 1.29 is 18.0 Å². The van der Waals surface area contributed by atoms with Crippen LogP contribution in [0.1, 0.15) is 34.3 Å². The Kier molecular flexibility index (Phi) is 6.38. The second kappa shape index (κ2) is 8.81. The van der Waals surface area contributed by atoms with E-state index in [-0.39, 0.29) is 16.7 Å². The van der Waals surface area contributed by atoms with Gasteiger partial charge in [-0.2, -0.15) is 0 Å². The van der Waals surface area contributed by atoms with Gasteiger partial charge in [-0.1, -0.05) is 18.2 Å². The quantitative estimate of drug-likeness (QED) is 0.664. The van der Waals surface area contributed by atoms with Crippen LogP contribution in [0, 0.1) is 6.92 Å². The number of carbonyl (C=O) groups excluding carboxylic acids is 2. The zero-order chi connectivity index (χ0) is 21.9. The largest absolute Gasteiger partial charge is 0.349 e. The molecule has 158 valence electrons. The van der Waals surface area contributed by atoms with Crippen LogP contribution in [0.3, 0.4) is 0 Å². The third kappa shape index (κ3) is 5.34. The molecule has 0 aliphatic heterocycles. The van der Waals surface area contributed by atoms with Gasteiger partial charge in [-0.05, 0) is 61.2 Å². The predicted octanol–water partition coefficient (Wildman–Crippen LogP) is 2.79. The van der Waals surface area contributed by atoms with Crippen LogP contribution in [0.4, 0.5) is 5.69 Å². The van der Waals surface area contributed by atoms with E-state index in [0.29, 0.717) is 17.3 Å². The summed E-state index contributed by atoms with van der Waals surface area (Å²) in [6.45, 7) is 1.79. The van der Waals surface area contributed by atoms with Gasteiger partial charge in [0, 0.05) is 37.5 Å². The molecule has 0 unspecified atom stereocenters. The number of amides is 2. The maximum atomic E-state index is 12.3. The first-order chi connectivity index (χ1) is 14.2. The van der Waals surface area contributed by atoms with E-state index in [1.54, 1.807) is 43.3 Å².